The van der Waals surface area contributed by atoms with E-state index in [9.17, 15) is 0 Å². The van der Waals surface area contributed by atoms with E-state index >= 15 is 0 Å². The number of hydrogen-bond acceptors (Lipinski definition) is 5. The number of halogens is 2. The lowest BCUT2D eigenvalue weighted by atomic mass is 10.1. The Hall–Kier alpha value is -0.280. The molecule has 0 radical (unpaired) electrons. The molecular weight excluding hydrogens is 704 g/mol. The molecule has 0 aliphatic heterocycles. The molecule has 0 saturated carbocycles. The van der Waals surface area contributed by atoms with Crippen LogP contribution < -0.4 is 0 Å². The van der Waals surface area contributed by atoms with Crippen LogP contribution in [0.15, 0.2) is 50.7 Å². The van der Waals surface area contributed by atoms with Gasteiger partial charge in [0.2, 0.25) is 0 Å². The summed E-state index contributed by atoms with van der Waals surface area (Å²) in [5, 5.41) is 2.16. The van der Waals surface area contributed by atoms with Gasteiger partial charge in [-0.25, -0.2) is 0 Å². The van der Waals surface area contributed by atoms with Gasteiger partial charge < -0.3 is 0 Å². The van der Waals surface area contributed by atoms with Gasteiger partial charge in [-0.3, -0.25) is 0 Å². The number of aryl methyl sites for hydroxylation is 1. The first kappa shape index (κ1) is 30.2. The van der Waals surface area contributed by atoms with E-state index in [0.717, 1.165) is 12.8 Å². The summed E-state index contributed by atoms with van der Waals surface area (Å²) in [6.07, 6.45) is 17.3. The Morgan fingerprint density at radius 3 is 1.85 bits per heavy atom. The fraction of sp³-hybridized carbons (Fsp3) is 0.438. The molecule has 0 unspecified atom stereocenters. The SMILES string of the molecule is CCCCCCCCCCCCc1ccc(-c2cc(Br)c(Cc3cc4sc(Cc5sccc5Br)cc4s3)s2)s1. The minimum Gasteiger partial charge on any atom is -0.147 e. The van der Waals surface area contributed by atoms with E-state index in [1.54, 1.807) is 4.88 Å². The van der Waals surface area contributed by atoms with Crippen molar-refractivity contribution in [1.29, 1.82) is 0 Å². The molecule has 5 rings (SSSR count). The van der Waals surface area contributed by atoms with E-state index < -0.39 is 0 Å². The van der Waals surface area contributed by atoms with Crippen LogP contribution in [0, 0.1) is 0 Å². The zero-order valence-corrected chi connectivity index (χ0v) is 29.8. The Morgan fingerprint density at radius 2 is 1.21 bits per heavy atom. The molecule has 0 amide bonds. The first-order valence-electron chi connectivity index (χ1n) is 14.2. The van der Waals surface area contributed by atoms with Gasteiger partial charge >= 0.3 is 0 Å². The molecule has 5 heterocycles. The Balaban J connectivity index is 1.09. The van der Waals surface area contributed by atoms with E-state index in [0.29, 0.717) is 0 Å². The van der Waals surface area contributed by atoms with Gasteiger partial charge in [-0.15, -0.1) is 56.7 Å². The molecule has 208 valence electrons. The molecule has 0 N–H and O–H groups in total. The topological polar surface area (TPSA) is 0 Å². The van der Waals surface area contributed by atoms with Crippen molar-refractivity contribution in [2.24, 2.45) is 0 Å². The number of unbranched alkanes of at least 4 members (excludes halogenated alkanes) is 9. The first-order chi connectivity index (χ1) is 19.1. The predicted molar refractivity (Wildman–Crippen MR) is 188 cm³/mol. The van der Waals surface area contributed by atoms with Gasteiger partial charge in [0.15, 0.2) is 0 Å². The minimum absolute atomic E-state index is 1.01. The number of rotatable bonds is 16. The van der Waals surface area contributed by atoms with Crippen molar-refractivity contribution in [2.45, 2.75) is 90.4 Å². The van der Waals surface area contributed by atoms with Crippen LogP contribution in [-0.2, 0) is 19.3 Å². The zero-order chi connectivity index (χ0) is 27.0. The quantitative estimate of drug-likeness (QED) is 0.0884. The fourth-order valence-electron chi connectivity index (χ4n) is 4.96. The number of fused-ring (bicyclic) bond motifs is 1. The Bertz CT molecular complexity index is 1410. The maximum absolute atomic E-state index is 3.87. The number of thiophene rings is 5. The Kier molecular flexibility index (Phi) is 11.8. The lowest BCUT2D eigenvalue weighted by Gasteiger charge is -2.02. The third kappa shape index (κ3) is 8.62. The second-order valence-electron chi connectivity index (χ2n) is 10.3. The molecule has 5 aromatic heterocycles. The molecule has 0 bridgehead atoms. The summed E-state index contributed by atoms with van der Waals surface area (Å²) in [5.74, 6) is 0. The summed E-state index contributed by atoms with van der Waals surface area (Å²) in [4.78, 5) is 10.1. The van der Waals surface area contributed by atoms with Crippen LogP contribution >= 0.6 is 88.5 Å². The van der Waals surface area contributed by atoms with Crippen molar-refractivity contribution in [2.75, 3.05) is 0 Å². The van der Waals surface area contributed by atoms with Gasteiger partial charge in [0.25, 0.3) is 0 Å². The molecule has 0 aliphatic carbocycles. The largest absolute Gasteiger partial charge is 0.147 e. The molecule has 0 fully saturated rings. The van der Waals surface area contributed by atoms with Gasteiger partial charge in [-0.2, -0.15) is 0 Å². The van der Waals surface area contributed by atoms with Crippen LogP contribution in [0.2, 0.25) is 0 Å². The summed E-state index contributed by atoms with van der Waals surface area (Å²) in [6, 6.07) is 14.0. The zero-order valence-electron chi connectivity index (χ0n) is 22.5. The molecule has 0 aliphatic rings. The van der Waals surface area contributed by atoms with Crippen molar-refractivity contribution in [1.82, 2.24) is 0 Å². The van der Waals surface area contributed by atoms with E-state index in [4.69, 9.17) is 0 Å². The van der Waals surface area contributed by atoms with Gasteiger partial charge in [-0.1, -0.05) is 64.7 Å². The highest BCUT2D eigenvalue weighted by molar-refractivity contribution is 9.10. The molecular formula is C32H36Br2S5. The molecule has 0 nitrogen and oxygen atoms in total. The number of hydrogen-bond donors (Lipinski definition) is 0. The summed E-state index contributed by atoms with van der Waals surface area (Å²) in [6.45, 7) is 2.29. The molecule has 0 spiro atoms. The van der Waals surface area contributed by atoms with E-state index in [1.807, 2.05) is 56.7 Å². The van der Waals surface area contributed by atoms with Crippen LogP contribution in [0.25, 0.3) is 19.2 Å². The van der Waals surface area contributed by atoms with E-state index in [1.165, 1.54) is 118 Å². The predicted octanol–water partition coefficient (Wildman–Crippen LogP) is 14.0. The summed E-state index contributed by atoms with van der Waals surface area (Å²) < 4.78 is 5.35. The highest BCUT2D eigenvalue weighted by Crippen LogP contribution is 2.42. The van der Waals surface area contributed by atoms with Crippen LogP contribution in [-0.4, -0.2) is 0 Å². The average Bonchev–Trinajstić information content (AvgIpc) is 3.73. The second-order valence-corrected chi connectivity index (χ2v) is 17.6. The van der Waals surface area contributed by atoms with Crippen molar-refractivity contribution in [3.8, 4) is 9.75 Å². The van der Waals surface area contributed by atoms with Crippen LogP contribution in [0.5, 0.6) is 0 Å². The lowest BCUT2D eigenvalue weighted by molar-refractivity contribution is 0.557. The minimum atomic E-state index is 1.01. The molecule has 0 saturated heterocycles. The van der Waals surface area contributed by atoms with Crippen molar-refractivity contribution >= 4 is 97.9 Å². The van der Waals surface area contributed by atoms with Gasteiger partial charge in [0.05, 0.1) is 0 Å². The normalized spacial score (nSPS) is 11.8. The van der Waals surface area contributed by atoms with E-state index in [2.05, 4.69) is 80.6 Å². The molecule has 7 heteroatoms. The highest BCUT2D eigenvalue weighted by Gasteiger charge is 2.15. The second kappa shape index (κ2) is 15.3. The standard InChI is InChI=1S/C32H36Br2S5/c1-2-3-4-5-6-7-8-9-10-11-12-22-13-14-27(36-22)32-21-26(34)29(39-32)18-24-20-31-30(38-24)19-23(37-31)17-28-25(33)15-16-35-28/h13-16,19-21H,2-12,17-18H2,1H3. The lowest BCUT2D eigenvalue weighted by Crippen LogP contribution is -1.84. The smallest absolute Gasteiger partial charge is 0.0457 e. The maximum atomic E-state index is 3.87. The van der Waals surface area contributed by atoms with Crippen LogP contribution in [0.4, 0.5) is 0 Å². The highest BCUT2D eigenvalue weighted by atomic mass is 79.9. The monoisotopic (exact) mass is 738 g/mol. The van der Waals surface area contributed by atoms with Crippen molar-refractivity contribution in [3.63, 3.8) is 0 Å². The summed E-state index contributed by atoms with van der Waals surface area (Å²) in [7, 11) is 0. The molecule has 0 aromatic carbocycles. The third-order valence-electron chi connectivity index (χ3n) is 7.11. The first-order valence-corrected chi connectivity index (χ1v) is 19.9. The van der Waals surface area contributed by atoms with Gasteiger partial charge in [0.1, 0.15) is 0 Å². The van der Waals surface area contributed by atoms with Crippen molar-refractivity contribution < 1.29 is 0 Å². The maximum Gasteiger partial charge on any atom is 0.0457 e. The van der Waals surface area contributed by atoms with Crippen molar-refractivity contribution in [3.05, 3.63) is 75.1 Å². The van der Waals surface area contributed by atoms with E-state index in [-0.39, 0.29) is 0 Å². The van der Waals surface area contributed by atoms with Gasteiger partial charge in [0, 0.05) is 65.3 Å². The Labute approximate surface area is 270 Å². The average molecular weight is 741 g/mol. The van der Waals surface area contributed by atoms with Gasteiger partial charge in [-0.05, 0) is 86.5 Å². The Morgan fingerprint density at radius 1 is 0.564 bits per heavy atom. The molecule has 39 heavy (non-hydrogen) atoms. The molecule has 5 aromatic rings. The molecule has 0 atom stereocenters. The summed E-state index contributed by atoms with van der Waals surface area (Å²) >= 11 is 17.2. The summed E-state index contributed by atoms with van der Waals surface area (Å²) in [5.41, 5.74) is 0. The van der Waals surface area contributed by atoms with Crippen LogP contribution in [0.1, 0.15) is 95.5 Å². The fourth-order valence-corrected chi connectivity index (χ4v) is 12.1. The third-order valence-corrected chi connectivity index (χ3v) is 14.8. The van der Waals surface area contributed by atoms with Crippen LogP contribution in [0.3, 0.4) is 0 Å².